The lowest BCUT2D eigenvalue weighted by Crippen LogP contribution is -2.32. The molecule has 0 aliphatic heterocycles. The molecule has 0 radical (unpaired) electrons. The molecule has 1 rings (SSSR count). The lowest BCUT2D eigenvalue weighted by atomic mass is 10.2. The van der Waals surface area contributed by atoms with Crippen LogP contribution in [0.4, 0.5) is 0 Å². The van der Waals surface area contributed by atoms with Crippen molar-refractivity contribution in [3.05, 3.63) is 29.8 Å². The topological polar surface area (TPSA) is 60.0 Å². The molecule has 0 aliphatic rings. The van der Waals surface area contributed by atoms with Gasteiger partial charge in [0.2, 0.25) is 0 Å². The van der Waals surface area contributed by atoms with Crippen LogP contribution in [0, 0.1) is 0 Å². The third kappa shape index (κ3) is 6.86. The van der Waals surface area contributed by atoms with Crippen molar-refractivity contribution in [1.29, 1.82) is 0 Å². The SMILES string of the molecule is COCC(C)OCC(O)CNCc1ccc(OC)cc1. The van der Waals surface area contributed by atoms with Crippen LogP contribution in [0.15, 0.2) is 24.3 Å². The predicted octanol–water partition coefficient (Wildman–Crippen LogP) is 1.20. The molecular formula is C15H25NO4. The van der Waals surface area contributed by atoms with Crippen LogP contribution in [-0.4, -0.2) is 51.3 Å². The van der Waals surface area contributed by atoms with E-state index in [9.17, 15) is 5.11 Å². The molecule has 0 amide bonds. The molecule has 2 atom stereocenters. The maximum absolute atomic E-state index is 9.78. The molecule has 0 saturated carbocycles. The average Bonchev–Trinajstić information content (AvgIpc) is 2.46. The molecule has 0 fully saturated rings. The van der Waals surface area contributed by atoms with E-state index in [2.05, 4.69) is 5.32 Å². The Morgan fingerprint density at radius 3 is 2.45 bits per heavy atom. The van der Waals surface area contributed by atoms with Gasteiger partial charge in [0.05, 0.1) is 32.5 Å². The molecule has 0 bridgehead atoms. The van der Waals surface area contributed by atoms with Gasteiger partial charge in [-0.2, -0.15) is 0 Å². The standard InChI is InChI=1S/C15H25NO4/c1-12(10-18-2)20-11-14(17)9-16-8-13-4-6-15(19-3)7-5-13/h4-7,12,14,16-17H,8-11H2,1-3H3. The van der Waals surface area contributed by atoms with Gasteiger partial charge in [-0.1, -0.05) is 12.1 Å². The highest BCUT2D eigenvalue weighted by Crippen LogP contribution is 2.10. The van der Waals surface area contributed by atoms with Crippen LogP contribution in [0.25, 0.3) is 0 Å². The van der Waals surface area contributed by atoms with Crippen molar-refractivity contribution in [2.75, 3.05) is 34.0 Å². The molecular weight excluding hydrogens is 258 g/mol. The number of aliphatic hydroxyl groups excluding tert-OH is 1. The predicted molar refractivity (Wildman–Crippen MR) is 78.0 cm³/mol. The van der Waals surface area contributed by atoms with Gasteiger partial charge in [-0.25, -0.2) is 0 Å². The summed E-state index contributed by atoms with van der Waals surface area (Å²) >= 11 is 0. The van der Waals surface area contributed by atoms with Gasteiger partial charge >= 0.3 is 0 Å². The Morgan fingerprint density at radius 2 is 1.85 bits per heavy atom. The Hall–Kier alpha value is -1.14. The van der Waals surface area contributed by atoms with Gasteiger partial charge < -0.3 is 24.6 Å². The Balaban J connectivity index is 2.16. The monoisotopic (exact) mass is 283 g/mol. The van der Waals surface area contributed by atoms with Gasteiger partial charge in [0.15, 0.2) is 0 Å². The Labute approximate surface area is 120 Å². The number of hydrogen-bond acceptors (Lipinski definition) is 5. The Kier molecular flexibility index (Phi) is 8.22. The third-order valence-electron chi connectivity index (χ3n) is 2.84. The van der Waals surface area contributed by atoms with E-state index in [1.807, 2.05) is 31.2 Å². The molecule has 1 aromatic rings. The molecule has 1 aromatic carbocycles. The molecule has 0 saturated heterocycles. The van der Waals surface area contributed by atoms with Crippen LogP contribution in [0.1, 0.15) is 12.5 Å². The van der Waals surface area contributed by atoms with E-state index >= 15 is 0 Å². The normalized spacial score (nSPS) is 14.0. The lowest BCUT2D eigenvalue weighted by molar-refractivity contribution is -0.0311. The average molecular weight is 283 g/mol. The highest BCUT2D eigenvalue weighted by atomic mass is 16.5. The van der Waals surface area contributed by atoms with Gasteiger partial charge in [-0.3, -0.25) is 0 Å². The second-order valence-electron chi connectivity index (χ2n) is 4.73. The number of hydrogen-bond donors (Lipinski definition) is 2. The van der Waals surface area contributed by atoms with Crippen molar-refractivity contribution >= 4 is 0 Å². The second-order valence-corrected chi connectivity index (χ2v) is 4.73. The Bertz CT molecular complexity index is 355. The fraction of sp³-hybridized carbons (Fsp3) is 0.600. The van der Waals surface area contributed by atoms with Crippen LogP contribution in [-0.2, 0) is 16.0 Å². The largest absolute Gasteiger partial charge is 0.497 e. The summed E-state index contributed by atoms with van der Waals surface area (Å²) in [6.45, 7) is 3.95. The fourth-order valence-corrected chi connectivity index (χ4v) is 1.74. The first-order valence-electron chi connectivity index (χ1n) is 6.78. The number of rotatable bonds is 10. The summed E-state index contributed by atoms with van der Waals surface area (Å²) < 4.78 is 15.5. The number of ether oxygens (including phenoxy) is 3. The van der Waals surface area contributed by atoms with Crippen molar-refractivity contribution in [3.8, 4) is 5.75 Å². The van der Waals surface area contributed by atoms with E-state index in [4.69, 9.17) is 14.2 Å². The van der Waals surface area contributed by atoms with E-state index in [0.717, 1.165) is 11.3 Å². The molecule has 0 aliphatic carbocycles. The van der Waals surface area contributed by atoms with E-state index in [0.29, 0.717) is 26.3 Å². The van der Waals surface area contributed by atoms with Crippen LogP contribution < -0.4 is 10.1 Å². The van der Waals surface area contributed by atoms with Crippen molar-refractivity contribution in [3.63, 3.8) is 0 Å². The third-order valence-corrected chi connectivity index (χ3v) is 2.84. The van der Waals surface area contributed by atoms with E-state index < -0.39 is 6.10 Å². The van der Waals surface area contributed by atoms with Gasteiger partial charge in [0, 0.05) is 20.2 Å². The first kappa shape index (κ1) is 16.9. The fourth-order valence-electron chi connectivity index (χ4n) is 1.74. The van der Waals surface area contributed by atoms with Crippen molar-refractivity contribution < 1.29 is 19.3 Å². The summed E-state index contributed by atoms with van der Waals surface area (Å²) in [5, 5.41) is 13.0. The molecule has 0 aromatic heterocycles. The molecule has 5 heteroatoms. The summed E-state index contributed by atoms with van der Waals surface area (Å²) in [6, 6.07) is 7.83. The van der Waals surface area contributed by atoms with Crippen LogP contribution in [0.5, 0.6) is 5.75 Å². The molecule has 20 heavy (non-hydrogen) atoms. The lowest BCUT2D eigenvalue weighted by Gasteiger charge is -2.16. The van der Waals surface area contributed by atoms with E-state index in [1.165, 1.54) is 0 Å². The first-order chi connectivity index (χ1) is 9.65. The van der Waals surface area contributed by atoms with Crippen LogP contribution in [0.3, 0.4) is 0 Å². The summed E-state index contributed by atoms with van der Waals surface area (Å²) in [4.78, 5) is 0. The van der Waals surface area contributed by atoms with Crippen molar-refractivity contribution in [2.24, 2.45) is 0 Å². The summed E-state index contributed by atoms with van der Waals surface area (Å²) in [5.74, 6) is 0.842. The maximum Gasteiger partial charge on any atom is 0.118 e. The summed E-state index contributed by atoms with van der Waals surface area (Å²) in [7, 11) is 3.28. The zero-order valence-corrected chi connectivity index (χ0v) is 12.5. The number of benzene rings is 1. The summed E-state index contributed by atoms with van der Waals surface area (Å²) in [5.41, 5.74) is 1.15. The van der Waals surface area contributed by atoms with E-state index in [-0.39, 0.29) is 6.10 Å². The number of methoxy groups -OCH3 is 2. The van der Waals surface area contributed by atoms with Crippen molar-refractivity contribution in [2.45, 2.75) is 25.7 Å². The highest BCUT2D eigenvalue weighted by Gasteiger charge is 2.07. The zero-order valence-electron chi connectivity index (χ0n) is 12.5. The van der Waals surface area contributed by atoms with Crippen molar-refractivity contribution in [1.82, 2.24) is 5.32 Å². The Morgan fingerprint density at radius 1 is 1.15 bits per heavy atom. The zero-order chi connectivity index (χ0) is 14.8. The van der Waals surface area contributed by atoms with Gasteiger partial charge in [0.1, 0.15) is 5.75 Å². The van der Waals surface area contributed by atoms with Crippen LogP contribution >= 0.6 is 0 Å². The molecule has 5 nitrogen and oxygen atoms in total. The molecule has 0 spiro atoms. The van der Waals surface area contributed by atoms with Gasteiger partial charge in [-0.05, 0) is 24.6 Å². The maximum atomic E-state index is 9.78. The second kappa shape index (κ2) is 9.72. The highest BCUT2D eigenvalue weighted by molar-refractivity contribution is 5.26. The van der Waals surface area contributed by atoms with Gasteiger partial charge in [0.25, 0.3) is 0 Å². The molecule has 2 N–H and O–H groups in total. The van der Waals surface area contributed by atoms with E-state index in [1.54, 1.807) is 14.2 Å². The summed E-state index contributed by atoms with van der Waals surface area (Å²) in [6.07, 6.45) is -0.524. The minimum absolute atomic E-state index is 0.00348. The minimum atomic E-state index is -0.521. The van der Waals surface area contributed by atoms with Gasteiger partial charge in [-0.15, -0.1) is 0 Å². The minimum Gasteiger partial charge on any atom is -0.497 e. The molecule has 2 unspecified atom stereocenters. The van der Waals surface area contributed by atoms with Crippen LogP contribution in [0.2, 0.25) is 0 Å². The number of aliphatic hydroxyl groups is 1. The molecule has 0 heterocycles. The molecule has 114 valence electrons. The quantitative estimate of drug-likeness (QED) is 0.675. The smallest absolute Gasteiger partial charge is 0.118 e. The first-order valence-corrected chi connectivity index (χ1v) is 6.78. The number of nitrogens with one attached hydrogen (secondary N) is 1.